The van der Waals surface area contributed by atoms with E-state index in [9.17, 15) is 9.90 Å². The SMILES string of the molecule is O=C1OC2(CCN(c3cnc(-c4ccc(O)cc4)cn3)CC2)c2ccccc21. The highest BCUT2D eigenvalue weighted by Gasteiger charge is 2.47. The molecule has 0 amide bonds. The minimum Gasteiger partial charge on any atom is -0.508 e. The van der Waals surface area contributed by atoms with Crippen LogP contribution in [0.5, 0.6) is 5.75 Å². The minimum atomic E-state index is -0.510. The van der Waals surface area contributed by atoms with Crippen molar-refractivity contribution in [3.8, 4) is 17.0 Å². The van der Waals surface area contributed by atoms with Gasteiger partial charge in [0.1, 0.15) is 17.2 Å². The Labute approximate surface area is 162 Å². The Morgan fingerprint density at radius 1 is 0.964 bits per heavy atom. The second-order valence-electron chi connectivity index (χ2n) is 7.22. The molecule has 0 unspecified atom stereocenters. The summed E-state index contributed by atoms with van der Waals surface area (Å²) in [5, 5.41) is 9.41. The molecular formula is C22H19N3O3. The zero-order valence-electron chi connectivity index (χ0n) is 15.2. The summed E-state index contributed by atoms with van der Waals surface area (Å²) < 4.78 is 5.81. The molecule has 1 saturated heterocycles. The number of aromatic hydroxyl groups is 1. The van der Waals surface area contributed by atoms with Crippen LogP contribution in [0.1, 0.15) is 28.8 Å². The number of nitrogens with zero attached hydrogens (tertiary/aromatic N) is 3. The van der Waals surface area contributed by atoms with Crippen LogP contribution in [0.2, 0.25) is 0 Å². The number of phenolic OH excluding ortho intramolecular Hbond substituents is 1. The van der Waals surface area contributed by atoms with Gasteiger partial charge in [-0.2, -0.15) is 0 Å². The maximum absolute atomic E-state index is 12.2. The molecular weight excluding hydrogens is 354 g/mol. The lowest BCUT2D eigenvalue weighted by molar-refractivity contribution is -0.0211. The number of piperidine rings is 1. The lowest BCUT2D eigenvalue weighted by atomic mass is 9.84. The number of carbonyl (C=O) groups is 1. The molecule has 2 aromatic carbocycles. The maximum atomic E-state index is 12.2. The quantitative estimate of drug-likeness (QED) is 0.693. The van der Waals surface area contributed by atoms with Gasteiger partial charge < -0.3 is 14.7 Å². The van der Waals surface area contributed by atoms with E-state index >= 15 is 0 Å². The third kappa shape index (κ3) is 2.69. The van der Waals surface area contributed by atoms with E-state index in [1.807, 2.05) is 36.4 Å². The molecule has 0 aliphatic carbocycles. The number of rotatable bonds is 2. The van der Waals surface area contributed by atoms with E-state index in [1.54, 1.807) is 24.5 Å². The largest absolute Gasteiger partial charge is 0.508 e. The smallest absolute Gasteiger partial charge is 0.339 e. The van der Waals surface area contributed by atoms with Gasteiger partial charge in [0, 0.05) is 37.1 Å². The van der Waals surface area contributed by atoms with Crippen molar-refractivity contribution in [2.24, 2.45) is 0 Å². The highest BCUT2D eigenvalue weighted by Crippen LogP contribution is 2.44. The van der Waals surface area contributed by atoms with Crippen molar-refractivity contribution >= 4 is 11.8 Å². The predicted octanol–water partition coefficient (Wildman–Crippen LogP) is 3.52. The number of fused-ring (bicyclic) bond motifs is 2. The zero-order chi connectivity index (χ0) is 19.1. The Morgan fingerprint density at radius 3 is 2.43 bits per heavy atom. The highest BCUT2D eigenvalue weighted by molar-refractivity contribution is 5.94. The van der Waals surface area contributed by atoms with E-state index in [0.29, 0.717) is 5.56 Å². The molecule has 3 heterocycles. The normalized spacial score (nSPS) is 17.4. The number of esters is 1. The van der Waals surface area contributed by atoms with Gasteiger partial charge in [-0.3, -0.25) is 4.98 Å². The molecule has 6 heteroatoms. The third-order valence-corrected chi connectivity index (χ3v) is 5.62. The highest BCUT2D eigenvalue weighted by atomic mass is 16.6. The third-order valence-electron chi connectivity index (χ3n) is 5.62. The Hall–Kier alpha value is -3.41. The molecule has 28 heavy (non-hydrogen) atoms. The summed E-state index contributed by atoms with van der Waals surface area (Å²) in [6.07, 6.45) is 4.99. The fourth-order valence-electron chi connectivity index (χ4n) is 4.08. The Kier molecular flexibility index (Phi) is 3.79. The van der Waals surface area contributed by atoms with Crippen LogP contribution in [-0.4, -0.2) is 34.1 Å². The molecule has 0 radical (unpaired) electrons. The van der Waals surface area contributed by atoms with Crippen molar-refractivity contribution in [1.82, 2.24) is 9.97 Å². The first-order valence-corrected chi connectivity index (χ1v) is 9.34. The molecule has 6 nitrogen and oxygen atoms in total. The lowest BCUT2D eigenvalue weighted by Gasteiger charge is -2.39. The van der Waals surface area contributed by atoms with Gasteiger partial charge in [-0.15, -0.1) is 0 Å². The first-order valence-electron chi connectivity index (χ1n) is 9.34. The van der Waals surface area contributed by atoms with Crippen LogP contribution in [0.25, 0.3) is 11.3 Å². The molecule has 140 valence electrons. The van der Waals surface area contributed by atoms with Gasteiger partial charge in [-0.05, 0) is 30.3 Å². The summed E-state index contributed by atoms with van der Waals surface area (Å²) in [7, 11) is 0. The molecule has 3 aromatic rings. The Balaban J connectivity index is 1.32. The maximum Gasteiger partial charge on any atom is 0.339 e. The van der Waals surface area contributed by atoms with Crippen LogP contribution in [0.3, 0.4) is 0 Å². The number of ether oxygens (including phenoxy) is 1. The first-order chi connectivity index (χ1) is 13.6. The number of hydrogen-bond acceptors (Lipinski definition) is 6. The van der Waals surface area contributed by atoms with E-state index < -0.39 is 5.60 Å². The fourth-order valence-corrected chi connectivity index (χ4v) is 4.08. The van der Waals surface area contributed by atoms with Crippen LogP contribution in [0, 0.1) is 0 Å². The van der Waals surface area contributed by atoms with Gasteiger partial charge >= 0.3 is 5.97 Å². The molecule has 1 N–H and O–H groups in total. The van der Waals surface area contributed by atoms with Gasteiger partial charge in [0.2, 0.25) is 0 Å². The van der Waals surface area contributed by atoms with Crippen LogP contribution in [-0.2, 0) is 10.3 Å². The van der Waals surface area contributed by atoms with Gasteiger partial charge in [-0.25, -0.2) is 9.78 Å². The molecule has 1 aromatic heterocycles. The number of phenols is 1. The van der Waals surface area contributed by atoms with E-state index in [2.05, 4.69) is 14.9 Å². The molecule has 2 aliphatic rings. The second-order valence-corrected chi connectivity index (χ2v) is 7.22. The molecule has 2 aliphatic heterocycles. The molecule has 5 rings (SSSR count). The van der Waals surface area contributed by atoms with Crippen molar-refractivity contribution in [2.75, 3.05) is 18.0 Å². The number of carbonyl (C=O) groups excluding carboxylic acids is 1. The monoisotopic (exact) mass is 373 g/mol. The van der Waals surface area contributed by atoms with E-state index in [1.165, 1.54) is 0 Å². The van der Waals surface area contributed by atoms with Crippen molar-refractivity contribution < 1.29 is 14.6 Å². The lowest BCUT2D eigenvalue weighted by Crippen LogP contribution is -2.43. The second kappa shape index (κ2) is 6.34. The van der Waals surface area contributed by atoms with E-state index in [0.717, 1.165) is 48.6 Å². The average Bonchev–Trinajstić information content (AvgIpc) is 3.01. The number of hydrogen-bond donors (Lipinski definition) is 1. The summed E-state index contributed by atoms with van der Waals surface area (Å²) in [6.45, 7) is 1.49. The fraction of sp³-hybridized carbons (Fsp3) is 0.227. The topological polar surface area (TPSA) is 75.5 Å². The zero-order valence-corrected chi connectivity index (χ0v) is 15.2. The van der Waals surface area contributed by atoms with Crippen molar-refractivity contribution in [3.63, 3.8) is 0 Å². The summed E-state index contributed by atoms with van der Waals surface area (Å²) in [5.41, 5.74) is 2.85. The van der Waals surface area contributed by atoms with Gasteiger partial charge in [-0.1, -0.05) is 18.2 Å². The summed E-state index contributed by atoms with van der Waals surface area (Å²) in [6, 6.07) is 14.6. The summed E-state index contributed by atoms with van der Waals surface area (Å²) in [4.78, 5) is 23.5. The van der Waals surface area contributed by atoms with Crippen LogP contribution in [0.4, 0.5) is 5.82 Å². The standard InChI is InChI=1S/C22H19N3O3/c26-16-7-5-15(6-8-16)19-13-24-20(14-23-19)25-11-9-22(10-12-25)18-4-2-1-3-17(18)21(27)28-22/h1-8,13-14,26H,9-12H2. The Bertz CT molecular complexity index is 1020. The average molecular weight is 373 g/mol. The first kappa shape index (κ1) is 16.7. The summed E-state index contributed by atoms with van der Waals surface area (Å²) in [5.74, 6) is 0.821. The number of anilines is 1. The molecule has 0 saturated carbocycles. The van der Waals surface area contributed by atoms with Crippen molar-refractivity contribution in [3.05, 3.63) is 72.1 Å². The van der Waals surface area contributed by atoms with Crippen LogP contribution < -0.4 is 4.90 Å². The number of aromatic nitrogens is 2. The number of benzene rings is 2. The van der Waals surface area contributed by atoms with E-state index in [-0.39, 0.29) is 11.7 Å². The molecule has 0 atom stereocenters. The van der Waals surface area contributed by atoms with Gasteiger partial charge in [0.05, 0.1) is 23.7 Å². The Morgan fingerprint density at radius 2 is 1.71 bits per heavy atom. The molecule has 0 bridgehead atoms. The molecule has 1 fully saturated rings. The van der Waals surface area contributed by atoms with Crippen LogP contribution in [0.15, 0.2) is 60.9 Å². The van der Waals surface area contributed by atoms with Crippen LogP contribution >= 0.6 is 0 Å². The van der Waals surface area contributed by atoms with Gasteiger partial charge in [0.15, 0.2) is 0 Å². The van der Waals surface area contributed by atoms with E-state index in [4.69, 9.17) is 4.74 Å². The van der Waals surface area contributed by atoms with Crippen molar-refractivity contribution in [2.45, 2.75) is 18.4 Å². The molecule has 1 spiro atoms. The predicted molar refractivity (Wildman–Crippen MR) is 104 cm³/mol. The van der Waals surface area contributed by atoms with Gasteiger partial charge in [0.25, 0.3) is 0 Å². The summed E-state index contributed by atoms with van der Waals surface area (Å²) >= 11 is 0. The minimum absolute atomic E-state index is 0.220. The van der Waals surface area contributed by atoms with Crippen molar-refractivity contribution in [1.29, 1.82) is 0 Å².